The highest BCUT2D eigenvalue weighted by atomic mass is 16.6. The van der Waals surface area contributed by atoms with Crippen molar-refractivity contribution >= 4 is 17.4 Å². The molecule has 0 aromatic heterocycles. The molecular weight excluding hydrogens is 296 g/mol. The van der Waals surface area contributed by atoms with Crippen LogP contribution in [0.5, 0.6) is 0 Å². The van der Waals surface area contributed by atoms with Crippen molar-refractivity contribution < 1.29 is 9.72 Å². The van der Waals surface area contributed by atoms with E-state index in [4.69, 9.17) is 0 Å². The summed E-state index contributed by atoms with van der Waals surface area (Å²) in [5, 5.41) is 16.3. The molecule has 0 aliphatic carbocycles. The van der Waals surface area contributed by atoms with Crippen molar-refractivity contribution in [1.29, 1.82) is 0 Å². The first-order chi connectivity index (χ1) is 10.9. The van der Waals surface area contributed by atoms with E-state index in [-0.39, 0.29) is 17.4 Å². The summed E-state index contributed by atoms with van der Waals surface area (Å²) in [6, 6.07) is 5.88. The third kappa shape index (κ3) is 5.52. The molecule has 1 unspecified atom stereocenters. The maximum atomic E-state index is 12.1. The zero-order valence-corrected chi connectivity index (χ0v) is 14.2. The summed E-state index contributed by atoms with van der Waals surface area (Å²) in [5.41, 5.74) is 0.0748. The molecule has 0 saturated carbocycles. The summed E-state index contributed by atoms with van der Waals surface area (Å²) in [5.74, 6) is 0.483. The normalized spacial score (nSPS) is 12.3. The second-order valence-electron chi connectivity index (χ2n) is 5.72. The zero-order valence-electron chi connectivity index (χ0n) is 14.2. The molecule has 128 valence electrons. The molecule has 0 bridgehead atoms. The molecule has 1 atom stereocenters. The third-order valence-corrected chi connectivity index (χ3v) is 4.08. The van der Waals surface area contributed by atoms with E-state index in [1.54, 1.807) is 12.1 Å². The molecule has 0 heterocycles. The summed E-state index contributed by atoms with van der Waals surface area (Å²) >= 11 is 0. The van der Waals surface area contributed by atoms with Gasteiger partial charge in [-0.05, 0) is 26.1 Å². The van der Waals surface area contributed by atoms with Gasteiger partial charge in [-0.25, -0.2) is 4.79 Å². The number of hydrogen-bond acceptors (Lipinski definition) is 4. The Morgan fingerprint density at radius 1 is 1.26 bits per heavy atom. The second kappa shape index (κ2) is 9.09. The maximum absolute atomic E-state index is 12.1. The van der Waals surface area contributed by atoms with E-state index >= 15 is 0 Å². The first-order valence-electron chi connectivity index (χ1n) is 7.85. The summed E-state index contributed by atoms with van der Waals surface area (Å²) in [4.78, 5) is 24.6. The minimum Gasteiger partial charge on any atom is -0.336 e. The van der Waals surface area contributed by atoms with Gasteiger partial charge in [0.15, 0.2) is 0 Å². The number of carbonyl (C=O) groups is 1. The number of para-hydroxylation sites is 2. The molecule has 0 saturated heterocycles. The second-order valence-corrected chi connectivity index (χ2v) is 5.72. The quantitative estimate of drug-likeness (QED) is 0.569. The maximum Gasteiger partial charge on any atom is 0.319 e. The van der Waals surface area contributed by atoms with Crippen LogP contribution in [-0.4, -0.2) is 42.5 Å². The summed E-state index contributed by atoms with van der Waals surface area (Å²) in [6.45, 7) is 4.77. The van der Waals surface area contributed by atoms with Gasteiger partial charge in [-0.1, -0.05) is 38.8 Å². The largest absolute Gasteiger partial charge is 0.336 e. The lowest BCUT2D eigenvalue weighted by Crippen LogP contribution is -2.45. The fourth-order valence-electron chi connectivity index (χ4n) is 2.71. The Balaban J connectivity index is 2.68. The Labute approximate surface area is 137 Å². The van der Waals surface area contributed by atoms with Gasteiger partial charge in [-0.3, -0.25) is 10.1 Å². The van der Waals surface area contributed by atoms with Gasteiger partial charge in [0, 0.05) is 18.7 Å². The number of likely N-dealkylation sites (N-methyl/N-ethyl adjacent to an activating group) is 1. The molecule has 2 N–H and O–H groups in total. The number of benzene rings is 1. The van der Waals surface area contributed by atoms with Crippen LogP contribution < -0.4 is 10.6 Å². The predicted molar refractivity (Wildman–Crippen MR) is 91.7 cm³/mol. The number of rotatable bonds is 8. The van der Waals surface area contributed by atoms with Crippen LogP contribution in [0, 0.1) is 16.0 Å². The molecule has 0 aliphatic rings. The standard InChI is InChI=1S/C16H26N4O3/c1-5-12(6-2)15(19(3)4)11-17-16(21)18-13-9-7-8-10-14(13)20(22)23/h7-10,12,15H,5-6,11H2,1-4H3,(H2,17,18,21). The molecule has 1 aromatic carbocycles. The van der Waals surface area contributed by atoms with E-state index in [0.717, 1.165) is 12.8 Å². The molecule has 23 heavy (non-hydrogen) atoms. The van der Waals surface area contributed by atoms with E-state index in [1.165, 1.54) is 12.1 Å². The van der Waals surface area contributed by atoms with E-state index in [2.05, 4.69) is 29.4 Å². The van der Waals surface area contributed by atoms with E-state index in [0.29, 0.717) is 12.5 Å². The molecule has 0 fully saturated rings. The van der Waals surface area contributed by atoms with Crippen LogP contribution in [0.4, 0.5) is 16.2 Å². The highest BCUT2D eigenvalue weighted by Gasteiger charge is 2.22. The minimum absolute atomic E-state index is 0.119. The van der Waals surface area contributed by atoms with Gasteiger partial charge in [0.25, 0.3) is 5.69 Å². The zero-order chi connectivity index (χ0) is 17.4. The average Bonchev–Trinajstić information content (AvgIpc) is 2.51. The molecule has 0 spiro atoms. The predicted octanol–water partition coefficient (Wildman–Crippen LogP) is 3.08. The van der Waals surface area contributed by atoms with Crippen molar-refractivity contribution in [3.8, 4) is 0 Å². The summed E-state index contributed by atoms with van der Waals surface area (Å²) in [6.07, 6.45) is 2.07. The van der Waals surface area contributed by atoms with Crippen molar-refractivity contribution in [1.82, 2.24) is 10.2 Å². The molecule has 7 nitrogen and oxygen atoms in total. The van der Waals surface area contributed by atoms with E-state index in [1.807, 2.05) is 14.1 Å². The van der Waals surface area contributed by atoms with Crippen LogP contribution in [0.3, 0.4) is 0 Å². The molecule has 1 aromatic rings. The van der Waals surface area contributed by atoms with Gasteiger partial charge in [-0.2, -0.15) is 0 Å². The number of nitrogens with one attached hydrogen (secondary N) is 2. The first-order valence-corrected chi connectivity index (χ1v) is 7.85. The number of nitro groups is 1. The van der Waals surface area contributed by atoms with E-state index in [9.17, 15) is 14.9 Å². The summed E-state index contributed by atoms with van der Waals surface area (Å²) in [7, 11) is 3.98. The van der Waals surface area contributed by atoms with Crippen LogP contribution in [0.1, 0.15) is 26.7 Å². The average molecular weight is 322 g/mol. The van der Waals surface area contributed by atoms with Crippen molar-refractivity contribution in [3.05, 3.63) is 34.4 Å². The van der Waals surface area contributed by atoms with Crippen LogP contribution in [0.25, 0.3) is 0 Å². The van der Waals surface area contributed by atoms with Crippen LogP contribution >= 0.6 is 0 Å². The van der Waals surface area contributed by atoms with Gasteiger partial charge in [0.2, 0.25) is 0 Å². The van der Waals surface area contributed by atoms with Crippen LogP contribution in [-0.2, 0) is 0 Å². The lowest BCUT2D eigenvalue weighted by Gasteiger charge is -2.31. The first kappa shape index (κ1) is 18.9. The minimum atomic E-state index is -0.511. The number of anilines is 1. The monoisotopic (exact) mass is 322 g/mol. The van der Waals surface area contributed by atoms with Gasteiger partial charge >= 0.3 is 6.03 Å². The topological polar surface area (TPSA) is 87.5 Å². The van der Waals surface area contributed by atoms with Gasteiger partial charge in [-0.15, -0.1) is 0 Å². The number of amides is 2. The third-order valence-electron chi connectivity index (χ3n) is 4.08. The number of nitrogens with zero attached hydrogens (tertiary/aromatic N) is 2. The van der Waals surface area contributed by atoms with Gasteiger partial charge in [0.05, 0.1) is 4.92 Å². The van der Waals surface area contributed by atoms with Gasteiger partial charge in [0.1, 0.15) is 5.69 Å². The number of carbonyl (C=O) groups excluding carboxylic acids is 1. The molecule has 0 aliphatic heterocycles. The Hall–Kier alpha value is -2.15. The fraction of sp³-hybridized carbons (Fsp3) is 0.562. The molecule has 2 amide bonds. The lowest BCUT2D eigenvalue weighted by molar-refractivity contribution is -0.383. The van der Waals surface area contributed by atoms with Crippen molar-refractivity contribution in [2.45, 2.75) is 32.7 Å². The number of urea groups is 1. The highest BCUT2D eigenvalue weighted by Crippen LogP contribution is 2.23. The Morgan fingerprint density at radius 2 is 1.87 bits per heavy atom. The lowest BCUT2D eigenvalue weighted by atomic mass is 9.93. The van der Waals surface area contributed by atoms with Crippen LogP contribution in [0.2, 0.25) is 0 Å². The van der Waals surface area contributed by atoms with Crippen LogP contribution in [0.15, 0.2) is 24.3 Å². The Bertz CT molecular complexity index is 530. The van der Waals surface area contributed by atoms with E-state index < -0.39 is 11.0 Å². The van der Waals surface area contributed by atoms with Gasteiger partial charge < -0.3 is 15.5 Å². The fourth-order valence-corrected chi connectivity index (χ4v) is 2.71. The molecular formula is C16H26N4O3. The van der Waals surface area contributed by atoms with Crippen molar-refractivity contribution in [2.24, 2.45) is 5.92 Å². The van der Waals surface area contributed by atoms with Crippen molar-refractivity contribution in [3.63, 3.8) is 0 Å². The number of hydrogen-bond donors (Lipinski definition) is 2. The highest BCUT2D eigenvalue weighted by molar-refractivity contribution is 5.91. The summed E-state index contributed by atoms with van der Waals surface area (Å²) < 4.78 is 0. The molecule has 1 rings (SSSR count). The van der Waals surface area contributed by atoms with Crippen molar-refractivity contribution in [2.75, 3.05) is 26.0 Å². The molecule has 0 radical (unpaired) electrons. The Kier molecular flexibility index (Phi) is 7.47. The smallest absolute Gasteiger partial charge is 0.319 e. The Morgan fingerprint density at radius 3 is 2.39 bits per heavy atom. The SMILES string of the molecule is CCC(CC)C(CNC(=O)Nc1ccccc1[N+](=O)[O-])N(C)C. The molecule has 7 heteroatoms. The number of nitro benzene ring substituents is 1.